The van der Waals surface area contributed by atoms with Crippen molar-refractivity contribution in [3.05, 3.63) is 70.4 Å². The number of thiazole rings is 1. The second-order valence-electron chi connectivity index (χ2n) is 5.01. The topological polar surface area (TPSA) is 80.9 Å². The number of carbonyl (C=O) groups excluding carboxylic acids is 1. The van der Waals surface area contributed by atoms with Crippen molar-refractivity contribution < 1.29 is 13.6 Å². The van der Waals surface area contributed by atoms with Crippen LogP contribution in [0.2, 0.25) is 0 Å². The number of rotatable bonds is 4. The van der Waals surface area contributed by atoms with E-state index in [1.165, 1.54) is 35.7 Å². The zero-order chi connectivity index (χ0) is 17.1. The Morgan fingerprint density at radius 1 is 1.12 bits per heavy atom. The van der Waals surface area contributed by atoms with Crippen LogP contribution in [-0.4, -0.2) is 15.9 Å². The maximum absolute atomic E-state index is 13.2. The number of aromatic nitrogens is 2. The van der Waals surface area contributed by atoms with Crippen LogP contribution in [0, 0.1) is 11.6 Å². The average molecular weight is 346 g/mol. The van der Waals surface area contributed by atoms with Crippen molar-refractivity contribution >= 4 is 28.2 Å². The summed E-state index contributed by atoms with van der Waals surface area (Å²) in [6, 6.07) is 6.44. The Kier molecular flexibility index (Phi) is 4.48. The van der Waals surface area contributed by atoms with E-state index in [1.54, 1.807) is 12.3 Å². The third-order valence-electron chi connectivity index (χ3n) is 3.12. The molecule has 0 saturated carbocycles. The van der Waals surface area contributed by atoms with E-state index in [4.69, 9.17) is 5.73 Å². The van der Waals surface area contributed by atoms with E-state index >= 15 is 0 Å². The Labute approximate surface area is 140 Å². The van der Waals surface area contributed by atoms with Gasteiger partial charge in [0, 0.05) is 29.8 Å². The monoisotopic (exact) mass is 346 g/mol. The molecule has 2 heterocycles. The lowest BCUT2D eigenvalue weighted by atomic mass is 10.1. The molecule has 0 radical (unpaired) electrons. The fraction of sp³-hybridized carbons (Fsp3) is 0.0625. The Hall–Kier alpha value is -2.87. The van der Waals surface area contributed by atoms with Crippen LogP contribution in [0.1, 0.15) is 20.8 Å². The first-order valence-corrected chi connectivity index (χ1v) is 7.74. The summed E-state index contributed by atoms with van der Waals surface area (Å²) >= 11 is 1.23. The van der Waals surface area contributed by atoms with E-state index in [1.807, 2.05) is 0 Å². The second-order valence-corrected chi connectivity index (χ2v) is 6.13. The van der Waals surface area contributed by atoms with Crippen molar-refractivity contribution in [2.24, 2.45) is 0 Å². The molecule has 0 aliphatic rings. The lowest BCUT2D eigenvalue weighted by Crippen LogP contribution is -2.12. The molecule has 3 N–H and O–H groups in total. The predicted octanol–water partition coefficient (Wildman–Crippen LogP) is 3.24. The van der Waals surface area contributed by atoms with E-state index in [2.05, 4.69) is 15.3 Å². The lowest BCUT2D eigenvalue weighted by molar-refractivity contribution is 0.102. The molecule has 0 atom stereocenters. The van der Waals surface area contributed by atoms with Crippen LogP contribution < -0.4 is 11.1 Å². The smallest absolute Gasteiger partial charge is 0.259 e. The van der Waals surface area contributed by atoms with Crippen LogP contribution in [0.25, 0.3) is 0 Å². The maximum Gasteiger partial charge on any atom is 0.259 e. The molecule has 8 heteroatoms. The van der Waals surface area contributed by atoms with E-state index in [0.717, 1.165) is 10.9 Å². The third-order valence-corrected chi connectivity index (χ3v) is 4.04. The number of pyridine rings is 1. The minimum atomic E-state index is -0.626. The number of nitrogen functional groups attached to an aromatic ring is 1. The number of nitrogens with one attached hydrogen (secondary N) is 1. The SMILES string of the molecule is Nc1ccc(C(=O)Nc2ncc(Cc3cc(F)cc(F)c3)s2)cn1. The van der Waals surface area contributed by atoms with Gasteiger partial charge < -0.3 is 5.73 Å². The molecular formula is C16H12F2N4OS. The standard InChI is InChI=1S/C16H12F2N4OS/c17-11-3-9(4-12(18)6-11)5-13-8-21-16(24-13)22-15(23)10-1-2-14(19)20-7-10/h1-4,6-8H,5H2,(H2,19,20)(H,21,22,23). The fourth-order valence-corrected chi connectivity index (χ4v) is 2.91. The summed E-state index contributed by atoms with van der Waals surface area (Å²) in [6.07, 6.45) is 3.25. The molecule has 1 aromatic carbocycles. The van der Waals surface area contributed by atoms with Crippen molar-refractivity contribution in [2.75, 3.05) is 11.1 Å². The average Bonchev–Trinajstić information content (AvgIpc) is 2.93. The summed E-state index contributed by atoms with van der Waals surface area (Å²) in [5.74, 6) is -1.29. The minimum absolute atomic E-state index is 0.324. The van der Waals surface area contributed by atoms with Gasteiger partial charge in [-0.1, -0.05) is 0 Å². The first kappa shape index (κ1) is 16.0. The fourth-order valence-electron chi connectivity index (χ4n) is 2.07. The summed E-state index contributed by atoms with van der Waals surface area (Å²) in [5, 5.41) is 3.04. The van der Waals surface area contributed by atoms with Crippen molar-refractivity contribution in [1.82, 2.24) is 9.97 Å². The van der Waals surface area contributed by atoms with Crippen LogP contribution in [-0.2, 0) is 6.42 Å². The van der Waals surface area contributed by atoms with E-state index in [9.17, 15) is 13.6 Å². The zero-order valence-corrected chi connectivity index (χ0v) is 13.1. The first-order chi connectivity index (χ1) is 11.5. The molecule has 0 fully saturated rings. The maximum atomic E-state index is 13.2. The molecule has 0 unspecified atom stereocenters. The number of anilines is 2. The highest BCUT2D eigenvalue weighted by Crippen LogP contribution is 2.22. The van der Waals surface area contributed by atoms with Crippen molar-refractivity contribution in [3.8, 4) is 0 Å². The molecule has 24 heavy (non-hydrogen) atoms. The Morgan fingerprint density at radius 2 is 1.88 bits per heavy atom. The Bertz CT molecular complexity index is 860. The highest BCUT2D eigenvalue weighted by atomic mass is 32.1. The summed E-state index contributed by atoms with van der Waals surface area (Å²) in [5.41, 5.74) is 6.32. The number of hydrogen-bond donors (Lipinski definition) is 2. The molecule has 1 amide bonds. The quantitative estimate of drug-likeness (QED) is 0.760. The molecular weight excluding hydrogens is 334 g/mol. The van der Waals surface area contributed by atoms with E-state index in [0.29, 0.717) is 28.5 Å². The molecule has 0 aliphatic heterocycles. The summed E-state index contributed by atoms with van der Waals surface area (Å²) in [4.78, 5) is 20.8. The summed E-state index contributed by atoms with van der Waals surface area (Å²) < 4.78 is 26.4. The summed E-state index contributed by atoms with van der Waals surface area (Å²) in [7, 11) is 0. The molecule has 2 aromatic heterocycles. The third kappa shape index (κ3) is 3.90. The minimum Gasteiger partial charge on any atom is -0.384 e. The van der Waals surface area contributed by atoms with Gasteiger partial charge in [-0.05, 0) is 29.8 Å². The number of hydrogen-bond acceptors (Lipinski definition) is 5. The highest BCUT2D eigenvalue weighted by molar-refractivity contribution is 7.15. The molecule has 0 bridgehead atoms. The molecule has 3 aromatic rings. The van der Waals surface area contributed by atoms with Crippen molar-refractivity contribution in [1.29, 1.82) is 0 Å². The number of amides is 1. The molecule has 0 spiro atoms. The predicted molar refractivity (Wildman–Crippen MR) is 87.9 cm³/mol. The van der Waals surface area contributed by atoms with Crippen LogP contribution >= 0.6 is 11.3 Å². The van der Waals surface area contributed by atoms with Gasteiger partial charge in [-0.3, -0.25) is 10.1 Å². The highest BCUT2D eigenvalue weighted by Gasteiger charge is 2.10. The van der Waals surface area contributed by atoms with Gasteiger partial charge in [-0.2, -0.15) is 0 Å². The van der Waals surface area contributed by atoms with Crippen LogP contribution in [0.5, 0.6) is 0 Å². The normalized spacial score (nSPS) is 10.6. The van der Waals surface area contributed by atoms with Crippen molar-refractivity contribution in [2.45, 2.75) is 6.42 Å². The van der Waals surface area contributed by atoms with Gasteiger partial charge in [-0.15, -0.1) is 11.3 Å². The number of nitrogens with zero attached hydrogens (tertiary/aromatic N) is 2. The zero-order valence-electron chi connectivity index (χ0n) is 12.3. The molecule has 0 aliphatic carbocycles. The Balaban J connectivity index is 1.69. The number of benzene rings is 1. The van der Waals surface area contributed by atoms with Crippen molar-refractivity contribution in [3.63, 3.8) is 0 Å². The van der Waals surface area contributed by atoms with Crippen LogP contribution in [0.4, 0.5) is 19.7 Å². The van der Waals surface area contributed by atoms with Gasteiger partial charge in [0.05, 0.1) is 5.56 Å². The van der Waals surface area contributed by atoms with Crippen LogP contribution in [0.15, 0.2) is 42.7 Å². The molecule has 122 valence electrons. The molecule has 5 nitrogen and oxygen atoms in total. The van der Waals surface area contributed by atoms with E-state index in [-0.39, 0.29) is 5.91 Å². The van der Waals surface area contributed by atoms with Gasteiger partial charge in [0.25, 0.3) is 5.91 Å². The number of nitrogens with two attached hydrogens (primary N) is 1. The largest absolute Gasteiger partial charge is 0.384 e. The van der Waals surface area contributed by atoms with Crippen LogP contribution in [0.3, 0.4) is 0 Å². The van der Waals surface area contributed by atoms with Gasteiger partial charge in [0.15, 0.2) is 5.13 Å². The van der Waals surface area contributed by atoms with Gasteiger partial charge in [-0.25, -0.2) is 18.7 Å². The molecule has 0 saturated heterocycles. The summed E-state index contributed by atoms with van der Waals surface area (Å²) in [6.45, 7) is 0. The molecule has 3 rings (SSSR count). The van der Waals surface area contributed by atoms with E-state index < -0.39 is 11.6 Å². The van der Waals surface area contributed by atoms with Gasteiger partial charge in [0.2, 0.25) is 0 Å². The Morgan fingerprint density at radius 3 is 2.54 bits per heavy atom. The number of halogens is 2. The first-order valence-electron chi connectivity index (χ1n) is 6.92. The lowest BCUT2D eigenvalue weighted by Gasteiger charge is -2.01. The van der Waals surface area contributed by atoms with Gasteiger partial charge >= 0.3 is 0 Å². The van der Waals surface area contributed by atoms with Gasteiger partial charge in [0.1, 0.15) is 17.5 Å². The second kappa shape index (κ2) is 6.71. The number of carbonyl (C=O) groups is 1.